The topological polar surface area (TPSA) is 51.6 Å². The predicted octanol–water partition coefficient (Wildman–Crippen LogP) is 6.18. The van der Waals surface area contributed by atoms with E-state index in [9.17, 15) is 0 Å². The molecule has 0 saturated carbocycles. The number of fused-ring (bicyclic) bond motifs is 2. The second-order valence-corrected chi connectivity index (χ2v) is 6.80. The monoisotopic (exact) mass is 420 g/mol. The summed E-state index contributed by atoms with van der Waals surface area (Å²) in [6, 6.07) is 14.6. The maximum absolute atomic E-state index is 6.45. The van der Waals surface area contributed by atoms with Gasteiger partial charge in [0.15, 0.2) is 10.3 Å². The first-order valence-corrected chi connectivity index (χ1v) is 8.96. The minimum atomic E-state index is 0.0985. The molecule has 0 fully saturated rings. The summed E-state index contributed by atoms with van der Waals surface area (Å²) in [5, 5.41) is 0.469. The molecular formula is C18H8Cl4N4. The van der Waals surface area contributed by atoms with Gasteiger partial charge in [0.05, 0.1) is 32.1 Å². The summed E-state index contributed by atoms with van der Waals surface area (Å²) in [6.07, 6.45) is 0. The maximum atomic E-state index is 6.45. The van der Waals surface area contributed by atoms with E-state index in [-0.39, 0.29) is 31.8 Å². The molecule has 0 spiro atoms. The lowest BCUT2D eigenvalue weighted by Gasteiger charge is -2.08. The van der Waals surface area contributed by atoms with Crippen molar-refractivity contribution in [3.05, 3.63) is 70.2 Å². The van der Waals surface area contributed by atoms with Crippen molar-refractivity contribution in [1.29, 1.82) is 0 Å². The normalized spacial score (nSPS) is 12.5. The van der Waals surface area contributed by atoms with Gasteiger partial charge in [-0.15, -0.1) is 0 Å². The van der Waals surface area contributed by atoms with Crippen molar-refractivity contribution in [3.8, 4) is 0 Å². The van der Waals surface area contributed by atoms with E-state index < -0.39 is 0 Å². The Hall–Kier alpha value is -1.98. The van der Waals surface area contributed by atoms with E-state index in [1.165, 1.54) is 0 Å². The molecule has 4 nitrogen and oxygen atoms in total. The van der Waals surface area contributed by atoms with Crippen LogP contribution >= 0.6 is 46.4 Å². The van der Waals surface area contributed by atoms with Crippen molar-refractivity contribution in [2.75, 3.05) is 0 Å². The lowest BCUT2D eigenvalue weighted by molar-refractivity contribution is 1.25. The van der Waals surface area contributed by atoms with E-state index in [1.54, 1.807) is 0 Å². The third kappa shape index (κ3) is 3.10. The Morgan fingerprint density at radius 3 is 1.19 bits per heavy atom. The number of rotatable bonds is 2. The maximum Gasteiger partial charge on any atom is 0.157 e. The van der Waals surface area contributed by atoms with Gasteiger partial charge in [-0.1, -0.05) is 70.7 Å². The van der Waals surface area contributed by atoms with Crippen LogP contribution in [0.4, 0.5) is 0 Å². The second kappa shape index (κ2) is 6.97. The van der Waals surface area contributed by atoms with Crippen LogP contribution in [-0.4, -0.2) is 19.9 Å². The SMILES string of the molecule is Cl/C(=C(\Cl)c1nc2ccccc2nc1Cl)c1nc2ccccc2nc1Cl. The lowest BCUT2D eigenvalue weighted by atomic mass is 10.2. The molecule has 2 aromatic heterocycles. The van der Waals surface area contributed by atoms with Crippen LogP contribution in [0.5, 0.6) is 0 Å². The van der Waals surface area contributed by atoms with E-state index in [1.807, 2.05) is 48.5 Å². The molecule has 0 bridgehead atoms. The zero-order valence-corrected chi connectivity index (χ0v) is 15.9. The number of hydrogen-bond donors (Lipinski definition) is 0. The fourth-order valence-corrected chi connectivity index (χ4v) is 3.44. The Bertz CT molecular complexity index is 1100. The molecule has 0 aliphatic heterocycles. The molecule has 0 aliphatic carbocycles. The van der Waals surface area contributed by atoms with Crippen LogP contribution in [0.15, 0.2) is 48.5 Å². The number of hydrogen-bond acceptors (Lipinski definition) is 4. The molecule has 128 valence electrons. The van der Waals surface area contributed by atoms with Crippen molar-refractivity contribution < 1.29 is 0 Å². The highest BCUT2D eigenvalue weighted by molar-refractivity contribution is 6.66. The number of aromatic nitrogens is 4. The molecule has 0 radical (unpaired) electrons. The minimum Gasteiger partial charge on any atom is -0.242 e. The van der Waals surface area contributed by atoms with Gasteiger partial charge in [-0.3, -0.25) is 0 Å². The molecule has 8 heteroatoms. The third-order valence-electron chi connectivity index (χ3n) is 3.66. The molecule has 26 heavy (non-hydrogen) atoms. The van der Waals surface area contributed by atoms with E-state index in [4.69, 9.17) is 46.4 Å². The highest BCUT2D eigenvalue weighted by Crippen LogP contribution is 2.36. The number of nitrogens with zero attached hydrogens (tertiary/aromatic N) is 4. The standard InChI is InChI=1S/C18H8Cl4N4/c19-13(15-17(21)25-11-7-3-1-5-9(11)23-15)14(20)16-18(22)26-12-8-4-2-6-10(12)24-16/h1-8H/b14-13-. The zero-order valence-electron chi connectivity index (χ0n) is 12.9. The molecule has 2 heterocycles. The summed E-state index contributed by atoms with van der Waals surface area (Å²) < 4.78 is 0. The van der Waals surface area contributed by atoms with E-state index in [2.05, 4.69) is 19.9 Å². The molecule has 0 unspecified atom stereocenters. The van der Waals surface area contributed by atoms with E-state index in [0.717, 1.165) is 0 Å². The molecule has 0 aliphatic rings. The van der Waals surface area contributed by atoms with Crippen molar-refractivity contribution in [2.45, 2.75) is 0 Å². The summed E-state index contributed by atoms with van der Waals surface area (Å²) >= 11 is 25.4. The molecule has 0 saturated heterocycles. The van der Waals surface area contributed by atoms with Crippen LogP contribution in [0.25, 0.3) is 32.1 Å². The van der Waals surface area contributed by atoms with Gasteiger partial charge < -0.3 is 0 Å². The average Bonchev–Trinajstić information content (AvgIpc) is 2.65. The lowest BCUT2D eigenvalue weighted by Crippen LogP contribution is -1.97. The van der Waals surface area contributed by atoms with Crippen molar-refractivity contribution in [2.24, 2.45) is 0 Å². The Labute approximate surface area is 168 Å². The van der Waals surface area contributed by atoms with Gasteiger partial charge >= 0.3 is 0 Å². The largest absolute Gasteiger partial charge is 0.242 e. The van der Waals surface area contributed by atoms with Crippen LogP contribution in [-0.2, 0) is 0 Å². The second-order valence-electron chi connectivity index (χ2n) is 5.33. The Morgan fingerprint density at radius 1 is 0.538 bits per heavy atom. The Morgan fingerprint density at radius 2 is 0.846 bits per heavy atom. The molecule has 4 aromatic rings. The van der Waals surface area contributed by atoms with Gasteiger partial charge in [-0.2, -0.15) is 0 Å². The van der Waals surface area contributed by atoms with Crippen molar-refractivity contribution in [3.63, 3.8) is 0 Å². The number of para-hydroxylation sites is 4. The molecular weight excluding hydrogens is 414 g/mol. The third-order valence-corrected chi connectivity index (χ3v) is 5.02. The summed E-state index contributed by atoms with van der Waals surface area (Å²) in [6.45, 7) is 0. The smallest absolute Gasteiger partial charge is 0.157 e. The van der Waals surface area contributed by atoms with Gasteiger partial charge in [-0.25, -0.2) is 19.9 Å². The van der Waals surface area contributed by atoms with Gasteiger partial charge in [-0.05, 0) is 24.3 Å². The van der Waals surface area contributed by atoms with Crippen molar-refractivity contribution in [1.82, 2.24) is 19.9 Å². The zero-order chi connectivity index (χ0) is 18.3. The number of halogens is 4. The first-order chi connectivity index (χ1) is 12.5. The summed E-state index contributed by atoms with van der Waals surface area (Å²) in [4.78, 5) is 17.5. The first-order valence-electron chi connectivity index (χ1n) is 7.45. The Balaban J connectivity index is 1.91. The van der Waals surface area contributed by atoms with Crippen LogP contribution < -0.4 is 0 Å². The minimum absolute atomic E-state index is 0.0985. The average molecular weight is 422 g/mol. The van der Waals surface area contributed by atoms with Gasteiger partial charge in [0, 0.05) is 0 Å². The quantitative estimate of drug-likeness (QED) is 0.387. The van der Waals surface area contributed by atoms with Crippen LogP contribution in [0.2, 0.25) is 10.3 Å². The molecule has 0 N–H and O–H groups in total. The van der Waals surface area contributed by atoms with Crippen LogP contribution in [0, 0.1) is 0 Å². The fourth-order valence-electron chi connectivity index (χ4n) is 2.44. The molecule has 2 aromatic carbocycles. The van der Waals surface area contributed by atoms with Gasteiger partial charge in [0.2, 0.25) is 0 Å². The summed E-state index contributed by atoms with van der Waals surface area (Å²) in [7, 11) is 0. The highest BCUT2D eigenvalue weighted by Gasteiger charge is 2.19. The van der Waals surface area contributed by atoms with Crippen molar-refractivity contribution >= 4 is 78.5 Å². The Kier molecular flexibility index (Phi) is 4.67. The fraction of sp³-hybridized carbons (Fsp3) is 0. The predicted molar refractivity (Wildman–Crippen MR) is 108 cm³/mol. The molecule has 0 atom stereocenters. The summed E-state index contributed by atoms with van der Waals surface area (Å²) in [5.41, 5.74) is 3.11. The number of benzene rings is 2. The molecule has 0 amide bonds. The summed E-state index contributed by atoms with van der Waals surface area (Å²) in [5.74, 6) is 0. The van der Waals surface area contributed by atoms with Crippen LogP contribution in [0.3, 0.4) is 0 Å². The van der Waals surface area contributed by atoms with E-state index in [0.29, 0.717) is 22.1 Å². The van der Waals surface area contributed by atoms with E-state index >= 15 is 0 Å². The van der Waals surface area contributed by atoms with Gasteiger partial charge in [0.1, 0.15) is 11.4 Å². The molecule has 4 rings (SSSR count). The highest BCUT2D eigenvalue weighted by atomic mass is 35.5. The van der Waals surface area contributed by atoms with Gasteiger partial charge in [0.25, 0.3) is 0 Å². The first kappa shape index (κ1) is 17.4. The van der Waals surface area contributed by atoms with Crippen LogP contribution in [0.1, 0.15) is 11.4 Å².